The van der Waals surface area contributed by atoms with Crippen molar-refractivity contribution in [1.29, 1.82) is 0 Å². The minimum absolute atomic E-state index is 0. The number of pyridine rings is 1. The second-order valence-corrected chi connectivity index (χ2v) is 16.3. The molecule has 0 N–H and O–H groups in total. The van der Waals surface area contributed by atoms with Gasteiger partial charge in [-0.3, -0.25) is 0 Å². The van der Waals surface area contributed by atoms with Crippen LogP contribution in [-0.4, -0.2) is 9.55 Å². The zero-order valence-corrected chi connectivity index (χ0v) is 37.1. The first-order valence-electron chi connectivity index (χ1n) is 22.2. The normalized spacial score (nSPS) is 13.4. The van der Waals surface area contributed by atoms with E-state index in [0.29, 0.717) is 39.1 Å². The molecular formula is C55H45N4OPt-3. The van der Waals surface area contributed by atoms with Crippen LogP contribution in [0.1, 0.15) is 48.5 Å². The van der Waals surface area contributed by atoms with E-state index in [4.69, 9.17) is 15.2 Å². The monoisotopic (exact) mass is 976 g/mol. The van der Waals surface area contributed by atoms with Gasteiger partial charge in [0.15, 0.2) is 0 Å². The number of ether oxygens (including phenoxy) is 1. The van der Waals surface area contributed by atoms with Gasteiger partial charge in [0.1, 0.15) is 5.82 Å². The molecule has 3 heterocycles. The first-order chi connectivity index (χ1) is 30.8. The van der Waals surface area contributed by atoms with Crippen molar-refractivity contribution < 1.29 is 31.3 Å². The molecule has 1 aliphatic heterocycles. The molecule has 10 rings (SSSR count). The zero-order valence-electron chi connectivity index (χ0n) is 38.8. The Kier molecular flexibility index (Phi) is 9.20. The molecule has 304 valence electrons. The van der Waals surface area contributed by atoms with Crippen LogP contribution in [0.5, 0.6) is 11.5 Å². The van der Waals surface area contributed by atoms with Gasteiger partial charge in [0.2, 0.25) is 0 Å². The summed E-state index contributed by atoms with van der Waals surface area (Å²) in [5.41, 5.74) is 14.0. The van der Waals surface area contributed by atoms with E-state index in [0.717, 1.165) is 39.4 Å². The Morgan fingerprint density at radius 2 is 1.26 bits per heavy atom. The van der Waals surface area contributed by atoms with Gasteiger partial charge in [-0.25, -0.2) is 4.98 Å². The van der Waals surface area contributed by atoms with Crippen LogP contribution in [0, 0.1) is 39.6 Å². The SMILES string of the molecule is [2H]c1c([2H])c([2H])c2c(c1[2H])c1ccc(Oc3[c-]c(N4[CH-]N(c5c(-c6ccccc6)c(C)c(C)c(C)c5-c5ccccc5)c5ccccc54)ccc3)[c-]c1n2-c1cc(C(C)(C)C)ccn1.[Pt]. The van der Waals surface area contributed by atoms with E-state index in [1.54, 1.807) is 16.8 Å². The largest absolute Gasteiger partial charge is 0.509 e. The molecule has 9 aromatic rings. The molecule has 1 aliphatic rings. The summed E-state index contributed by atoms with van der Waals surface area (Å²) in [6.45, 7) is 15.2. The third kappa shape index (κ3) is 7.01. The van der Waals surface area contributed by atoms with Gasteiger partial charge in [-0.2, -0.15) is 12.1 Å². The standard InChI is InChI=1S/C55H45N4O.Pt/c1-36-37(2)52(39-18-9-7-10-19-39)54(53(38(36)3)40-20-11-8-12-21-40)58-35-57(48-26-15-16-27-49(48)58)42-22-17-23-43(33-42)60-44-28-29-46-45-24-13-14-25-47(45)59(50(46)34-44)51-32-41(30-31-56-51)55(4,5)6;/h7-32,35H,1-6H3;/q-3;/i13D,14D,24D,25D;. The molecule has 0 bridgehead atoms. The van der Waals surface area contributed by atoms with E-state index in [1.807, 2.05) is 36.4 Å². The molecule has 0 fully saturated rings. The number of hydrogen-bond donors (Lipinski definition) is 0. The van der Waals surface area contributed by atoms with E-state index >= 15 is 0 Å². The molecule has 5 nitrogen and oxygen atoms in total. The Morgan fingerprint density at radius 1 is 0.639 bits per heavy atom. The van der Waals surface area contributed by atoms with Crippen LogP contribution in [0.4, 0.5) is 22.7 Å². The van der Waals surface area contributed by atoms with E-state index in [2.05, 4.69) is 155 Å². The van der Waals surface area contributed by atoms with Crippen LogP contribution in [0.3, 0.4) is 0 Å². The average molecular weight is 977 g/mol. The number of anilines is 4. The van der Waals surface area contributed by atoms with E-state index in [9.17, 15) is 0 Å². The Bertz CT molecular complexity index is 3240. The molecule has 2 aromatic heterocycles. The van der Waals surface area contributed by atoms with Crippen LogP contribution < -0.4 is 14.5 Å². The van der Waals surface area contributed by atoms with Crippen molar-refractivity contribution >= 4 is 44.6 Å². The molecule has 0 radical (unpaired) electrons. The number of para-hydroxylation sites is 3. The summed E-state index contributed by atoms with van der Waals surface area (Å²) in [5, 5.41) is 1.02. The molecule has 0 spiro atoms. The first-order valence-corrected chi connectivity index (χ1v) is 20.2. The molecule has 0 amide bonds. The minimum atomic E-state index is -0.310. The van der Waals surface area contributed by atoms with Crippen molar-refractivity contribution in [2.45, 2.75) is 47.0 Å². The average Bonchev–Trinajstić information content (AvgIpc) is 3.86. The van der Waals surface area contributed by atoms with Gasteiger partial charge in [0.25, 0.3) is 0 Å². The second-order valence-electron chi connectivity index (χ2n) is 16.3. The van der Waals surface area contributed by atoms with Crippen molar-refractivity contribution in [3.8, 4) is 39.6 Å². The topological polar surface area (TPSA) is 33.5 Å². The molecular weight excluding hydrogens is 928 g/mol. The Morgan fingerprint density at radius 3 is 1.93 bits per heavy atom. The number of benzene rings is 7. The quantitative estimate of drug-likeness (QED) is 0.149. The minimum Gasteiger partial charge on any atom is -0.509 e. The molecule has 61 heavy (non-hydrogen) atoms. The van der Waals surface area contributed by atoms with Crippen molar-refractivity contribution in [2.75, 3.05) is 9.80 Å². The van der Waals surface area contributed by atoms with Crippen molar-refractivity contribution in [3.05, 3.63) is 199 Å². The predicted molar refractivity (Wildman–Crippen MR) is 248 cm³/mol. The fourth-order valence-corrected chi connectivity index (χ4v) is 8.45. The number of rotatable bonds is 7. The van der Waals surface area contributed by atoms with Crippen molar-refractivity contribution in [2.24, 2.45) is 0 Å². The van der Waals surface area contributed by atoms with Gasteiger partial charge in [-0.15, -0.1) is 48.1 Å². The van der Waals surface area contributed by atoms with Crippen molar-refractivity contribution in [1.82, 2.24) is 9.55 Å². The maximum absolute atomic E-state index is 9.02. The summed E-state index contributed by atoms with van der Waals surface area (Å²) in [6.07, 6.45) is 1.74. The summed E-state index contributed by atoms with van der Waals surface area (Å²) >= 11 is 0. The molecule has 0 aliphatic carbocycles. The summed E-state index contributed by atoms with van der Waals surface area (Å²) in [4.78, 5) is 9.19. The van der Waals surface area contributed by atoms with E-state index in [1.165, 1.54) is 27.8 Å². The Labute approximate surface area is 378 Å². The van der Waals surface area contributed by atoms with Gasteiger partial charge >= 0.3 is 0 Å². The fourth-order valence-electron chi connectivity index (χ4n) is 8.45. The molecule has 6 heteroatoms. The van der Waals surface area contributed by atoms with Crippen LogP contribution in [0.25, 0.3) is 49.9 Å². The summed E-state index contributed by atoms with van der Waals surface area (Å²) in [7, 11) is 0. The Hall–Kier alpha value is -6.42. The number of hydrogen-bond acceptors (Lipinski definition) is 4. The predicted octanol–water partition coefficient (Wildman–Crippen LogP) is 14.5. The summed E-state index contributed by atoms with van der Waals surface area (Å²) in [6, 6.07) is 49.2. The van der Waals surface area contributed by atoms with Gasteiger partial charge in [0.05, 0.1) is 5.48 Å². The second kappa shape index (κ2) is 15.9. The van der Waals surface area contributed by atoms with Crippen LogP contribution in [-0.2, 0) is 26.5 Å². The fraction of sp³-hybridized carbons (Fsp3) is 0.127. The third-order valence-corrected chi connectivity index (χ3v) is 11.7. The van der Waals surface area contributed by atoms with Gasteiger partial charge in [-0.1, -0.05) is 117 Å². The maximum atomic E-state index is 9.02. The maximum Gasteiger partial charge on any atom is 0.135 e. The van der Waals surface area contributed by atoms with E-state index in [-0.39, 0.29) is 50.6 Å². The Balaban J connectivity index is 0.00000533. The molecule has 0 saturated heterocycles. The van der Waals surface area contributed by atoms with Crippen LogP contribution in [0.2, 0.25) is 0 Å². The summed E-state index contributed by atoms with van der Waals surface area (Å²) in [5.74, 6) is 1.39. The zero-order chi connectivity index (χ0) is 44.6. The van der Waals surface area contributed by atoms with Crippen LogP contribution >= 0.6 is 0 Å². The van der Waals surface area contributed by atoms with Gasteiger partial charge < -0.3 is 19.1 Å². The van der Waals surface area contributed by atoms with Gasteiger partial charge in [0, 0.05) is 72.5 Å². The van der Waals surface area contributed by atoms with Gasteiger partial charge in [-0.05, 0) is 95.3 Å². The smallest absolute Gasteiger partial charge is 0.135 e. The molecule has 7 aromatic carbocycles. The summed E-state index contributed by atoms with van der Waals surface area (Å²) < 4.78 is 43.4. The molecule has 0 atom stereocenters. The third-order valence-electron chi connectivity index (χ3n) is 11.7. The molecule has 0 saturated carbocycles. The number of nitrogens with zero attached hydrogens (tertiary/aromatic N) is 4. The number of fused-ring (bicyclic) bond motifs is 4. The van der Waals surface area contributed by atoms with Crippen molar-refractivity contribution in [3.63, 3.8) is 0 Å². The van der Waals surface area contributed by atoms with Crippen LogP contribution in [0.15, 0.2) is 158 Å². The van der Waals surface area contributed by atoms with E-state index < -0.39 is 0 Å². The molecule has 0 unspecified atom stereocenters. The number of aromatic nitrogens is 2. The first kappa shape index (κ1) is 35.3.